The van der Waals surface area contributed by atoms with Crippen LogP contribution in [-0.4, -0.2) is 72.5 Å². The summed E-state index contributed by atoms with van der Waals surface area (Å²) < 4.78 is 5.79. The van der Waals surface area contributed by atoms with E-state index in [0.717, 1.165) is 57.9 Å². The van der Waals surface area contributed by atoms with Crippen LogP contribution >= 0.6 is 11.3 Å². The lowest BCUT2D eigenvalue weighted by molar-refractivity contribution is -0.131. The molecule has 3 heterocycles. The minimum absolute atomic E-state index is 0.278. The van der Waals surface area contributed by atoms with Crippen LogP contribution < -0.4 is 4.74 Å². The Morgan fingerprint density at radius 3 is 2.55 bits per heavy atom. The molecule has 2 aliphatic heterocycles. The van der Waals surface area contributed by atoms with Crippen molar-refractivity contribution in [1.29, 1.82) is 0 Å². The number of amides is 1. The zero-order chi connectivity index (χ0) is 19.9. The van der Waals surface area contributed by atoms with Crippen molar-refractivity contribution >= 4 is 17.2 Å². The highest BCUT2D eigenvalue weighted by Gasteiger charge is 2.28. The zero-order valence-corrected chi connectivity index (χ0v) is 17.9. The van der Waals surface area contributed by atoms with E-state index < -0.39 is 0 Å². The molecule has 0 N–H and O–H groups in total. The molecular formula is C23H31N3O2S. The molecule has 0 spiro atoms. The topological polar surface area (TPSA) is 36.0 Å². The molecule has 0 radical (unpaired) electrons. The molecule has 0 saturated carbocycles. The van der Waals surface area contributed by atoms with Crippen LogP contribution in [0.5, 0.6) is 5.75 Å². The van der Waals surface area contributed by atoms with Gasteiger partial charge in [0.15, 0.2) is 0 Å². The summed E-state index contributed by atoms with van der Waals surface area (Å²) in [5, 5.41) is 2.16. The van der Waals surface area contributed by atoms with E-state index >= 15 is 0 Å². The van der Waals surface area contributed by atoms with E-state index in [2.05, 4.69) is 27.3 Å². The largest absolute Gasteiger partial charge is 0.492 e. The van der Waals surface area contributed by atoms with Gasteiger partial charge in [-0.3, -0.25) is 14.6 Å². The van der Waals surface area contributed by atoms with E-state index in [4.69, 9.17) is 4.74 Å². The van der Waals surface area contributed by atoms with E-state index in [0.29, 0.717) is 25.6 Å². The number of thiophene rings is 1. The van der Waals surface area contributed by atoms with Crippen LogP contribution in [0.2, 0.25) is 0 Å². The number of carbonyl (C=O) groups excluding carboxylic acids is 1. The lowest BCUT2D eigenvalue weighted by Gasteiger charge is -2.39. The van der Waals surface area contributed by atoms with Gasteiger partial charge >= 0.3 is 0 Å². The maximum absolute atomic E-state index is 12.6. The summed E-state index contributed by atoms with van der Waals surface area (Å²) in [6, 6.07) is 14.7. The third-order valence-corrected chi connectivity index (χ3v) is 6.89. The SMILES string of the molecule is O=C1CC[C@@H](N2CCN(Cc3cccs3)CC2)CCN1CCOc1ccccc1. The molecule has 4 rings (SSSR count). The zero-order valence-electron chi connectivity index (χ0n) is 17.0. The average molecular weight is 414 g/mol. The number of hydrogen-bond donors (Lipinski definition) is 0. The van der Waals surface area contributed by atoms with Gasteiger partial charge in [-0.05, 0) is 36.4 Å². The molecule has 1 amide bonds. The molecule has 0 bridgehead atoms. The highest BCUT2D eigenvalue weighted by Crippen LogP contribution is 2.21. The van der Waals surface area contributed by atoms with Crippen LogP contribution in [0, 0.1) is 0 Å². The molecular weight excluding hydrogens is 382 g/mol. The Morgan fingerprint density at radius 2 is 1.79 bits per heavy atom. The molecule has 2 aromatic rings. The maximum Gasteiger partial charge on any atom is 0.222 e. The summed E-state index contributed by atoms with van der Waals surface area (Å²) in [6.45, 7) is 7.62. The number of benzene rings is 1. The lowest BCUT2D eigenvalue weighted by atomic mass is 10.1. The summed E-state index contributed by atoms with van der Waals surface area (Å²) in [7, 11) is 0. The summed E-state index contributed by atoms with van der Waals surface area (Å²) in [4.78, 5) is 21.2. The van der Waals surface area contributed by atoms with E-state index in [1.165, 1.54) is 4.88 Å². The molecule has 0 unspecified atom stereocenters. The molecule has 2 fully saturated rings. The first-order valence-electron chi connectivity index (χ1n) is 10.7. The van der Waals surface area contributed by atoms with Gasteiger partial charge in [0.1, 0.15) is 12.4 Å². The second-order valence-electron chi connectivity index (χ2n) is 7.91. The predicted molar refractivity (Wildman–Crippen MR) is 117 cm³/mol. The Balaban J connectivity index is 1.20. The lowest BCUT2D eigenvalue weighted by Crippen LogP contribution is -2.50. The summed E-state index contributed by atoms with van der Waals surface area (Å²) in [5.41, 5.74) is 0. The van der Waals surface area contributed by atoms with Crippen LogP contribution in [0.1, 0.15) is 24.1 Å². The van der Waals surface area contributed by atoms with Gasteiger partial charge in [-0.15, -0.1) is 11.3 Å². The molecule has 5 nitrogen and oxygen atoms in total. The Kier molecular flexibility index (Phi) is 7.19. The van der Waals surface area contributed by atoms with Crippen LogP contribution in [0.15, 0.2) is 47.8 Å². The van der Waals surface area contributed by atoms with Gasteiger partial charge in [0.25, 0.3) is 0 Å². The van der Waals surface area contributed by atoms with Crippen molar-refractivity contribution in [1.82, 2.24) is 14.7 Å². The minimum Gasteiger partial charge on any atom is -0.492 e. The van der Waals surface area contributed by atoms with Crippen molar-refractivity contribution in [2.75, 3.05) is 45.9 Å². The molecule has 156 valence electrons. The van der Waals surface area contributed by atoms with Crippen molar-refractivity contribution in [3.8, 4) is 5.75 Å². The van der Waals surface area contributed by atoms with Gasteiger partial charge in [0.2, 0.25) is 5.91 Å². The first kappa shape index (κ1) is 20.4. The second kappa shape index (κ2) is 10.2. The fourth-order valence-corrected chi connectivity index (χ4v) is 5.07. The highest BCUT2D eigenvalue weighted by molar-refractivity contribution is 7.09. The Bertz CT molecular complexity index is 745. The van der Waals surface area contributed by atoms with E-state index in [1.807, 2.05) is 46.6 Å². The number of carbonyl (C=O) groups is 1. The fraction of sp³-hybridized carbons (Fsp3) is 0.522. The molecule has 29 heavy (non-hydrogen) atoms. The molecule has 0 aliphatic carbocycles. The molecule has 2 aliphatic rings. The van der Waals surface area contributed by atoms with Crippen molar-refractivity contribution in [3.63, 3.8) is 0 Å². The van der Waals surface area contributed by atoms with Crippen LogP contribution in [-0.2, 0) is 11.3 Å². The van der Waals surface area contributed by atoms with Gasteiger partial charge in [0, 0.05) is 56.6 Å². The normalized spacial score (nSPS) is 21.9. The third kappa shape index (κ3) is 5.81. The third-order valence-electron chi connectivity index (χ3n) is 6.03. The average Bonchev–Trinajstić information content (AvgIpc) is 3.19. The van der Waals surface area contributed by atoms with Crippen molar-refractivity contribution < 1.29 is 9.53 Å². The van der Waals surface area contributed by atoms with E-state index in [1.54, 1.807) is 0 Å². The summed E-state index contributed by atoms with van der Waals surface area (Å²) in [6.07, 6.45) is 2.72. The second-order valence-corrected chi connectivity index (χ2v) is 8.95. The maximum atomic E-state index is 12.6. The smallest absolute Gasteiger partial charge is 0.222 e. The molecule has 1 aromatic carbocycles. The van der Waals surface area contributed by atoms with Gasteiger partial charge < -0.3 is 9.64 Å². The first-order valence-corrected chi connectivity index (χ1v) is 11.6. The van der Waals surface area contributed by atoms with Gasteiger partial charge in [-0.2, -0.15) is 0 Å². The van der Waals surface area contributed by atoms with Crippen LogP contribution in [0.4, 0.5) is 0 Å². The standard InChI is InChI=1S/C23H31N3O2S/c27-23-9-8-20(10-11-26(23)16-17-28-21-5-2-1-3-6-21)25-14-12-24(13-15-25)19-22-7-4-18-29-22/h1-7,18,20H,8-17,19H2/t20-/m1/s1. The molecule has 1 aromatic heterocycles. The van der Waals surface area contributed by atoms with Crippen molar-refractivity contribution in [2.24, 2.45) is 0 Å². The molecule has 1 atom stereocenters. The number of ether oxygens (including phenoxy) is 1. The number of para-hydroxylation sites is 1. The van der Waals surface area contributed by atoms with E-state index in [-0.39, 0.29) is 5.91 Å². The Hall–Kier alpha value is -1.89. The number of piperazine rings is 1. The summed E-state index contributed by atoms with van der Waals surface area (Å²) >= 11 is 1.85. The molecule has 6 heteroatoms. The van der Waals surface area contributed by atoms with Crippen molar-refractivity contribution in [2.45, 2.75) is 31.8 Å². The van der Waals surface area contributed by atoms with Gasteiger partial charge in [-0.1, -0.05) is 24.3 Å². The number of nitrogens with zero attached hydrogens (tertiary/aromatic N) is 3. The van der Waals surface area contributed by atoms with Gasteiger partial charge in [-0.25, -0.2) is 0 Å². The van der Waals surface area contributed by atoms with Gasteiger partial charge in [0.05, 0.1) is 6.54 Å². The van der Waals surface area contributed by atoms with Crippen LogP contribution in [0.3, 0.4) is 0 Å². The first-order chi connectivity index (χ1) is 14.3. The highest BCUT2D eigenvalue weighted by atomic mass is 32.1. The predicted octanol–water partition coefficient (Wildman–Crippen LogP) is 3.33. The minimum atomic E-state index is 0.278. The van der Waals surface area contributed by atoms with Crippen LogP contribution in [0.25, 0.3) is 0 Å². The monoisotopic (exact) mass is 413 g/mol. The number of hydrogen-bond acceptors (Lipinski definition) is 5. The Labute approximate surface area is 177 Å². The van der Waals surface area contributed by atoms with Crippen molar-refractivity contribution in [3.05, 3.63) is 52.7 Å². The summed E-state index contributed by atoms with van der Waals surface area (Å²) in [5.74, 6) is 1.15. The fourth-order valence-electron chi connectivity index (χ4n) is 4.32. The Morgan fingerprint density at radius 1 is 0.966 bits per heavy atom. The molecule has 2 saturated heterocycles. The number of rotatable bonds is 7. The van der Waals surface area contributed by atoms with E-state index in [9.17, 15) is 4.79 Å². The number of likely N-dealkylation sites (tertiary alicyclic amines) is 1. The quantitative estimate of drug-likeness (QED) is 0.698.